The Hall–Kier alpha value is -2.22. The minimum atomic E-state index is -1.94. The molecule has 1 amide bonds. The number of carbonyl (C=O) groups excluding carboxylic acids is 1. The van der Waals surface area contributed by atoms with E-state index in [2.05, 4.69) is 10.6 Å². The van der Waals surface area contributed by atoms with Gasteiger partial charge in [0.05, 0.1) is 17.7 Å². The molecule has 26 heavy (non-hydrogen) atoms. The summed E-state index contributed by atoms with van der Waals surface area (Å²) in [5.41, 5.74) is -0.0434. The van der Waals surface area contributed by atoms with Crippen LogP contribution in [0.3, 0.4) is 0 Å². The predicted octanol–water partition coefficient (Wildman–Crippen LogP) is 4.14. The van der Waals surface area contributed by atoms with Gasteiger partial charge in [-0.3, -0.25) is 14.9 Å². The van der Waals surface area contributed by atoms with Gasteiger partial charge in [-0.05, 0) is 18.2 Å². The SMILES string of the molecule is COc1ccccc1N[C@H](NC(=O)c1ccccc1[N+](=O)[O-])C(Cl)(Cl)Cl. The average molecular weight is 419 g/mol. The Morgan fingerprint density at radius 1 is 1.15 bits per heavy atom. The molecule has 138 valence electrons. The molecule has 0 heterocycles. The van der Waals surface area contributed by atoms with E-state index in [-0.39, 0.29) is 11.3 Å². The summed E-state index contributed by atoms with van der Waals surface area (Å²) in [7, 11) is 1.47. The first kappa shape index (κ1) is 20.1. The lowest BCUT2D eigenvalue weighted by Gasteiger charge is -2.28. The zero-order chi connectivity index (χ0) is 19.3. The standard InChI is InChI=1S/C16H14Cl3N3O4/c1-26-13-9-5-3-7-11(13)20-15(16(17,18)19)21-14(23)10-6-2-4-8-12(10)22(24)25/h2-9,15,20H,1H3,(H,21,23)/t15-/m1/s1. The van der Waals surface area contributed by atoms with Crippen molar-refractivity contribution in [3.05, 3.63) is 64.2 Å². The van der Waals surface area contributed by atoms with Crippen LogP contribution < -0.4 is 15.4 Å². The van der Waals surface area contributed by atoms with Crippen molar-refractivity contribution in [2.75, 3.05) is 12.4 Å². The molecule has 0 aliphatic heterocycles. The van der Waals surface area contributed by atoms with Gasteiger partial charge >= 0.3 is 0 Å². The topological polar surface area (TPSA) is 93.5 Å². The number of halogens is 3. The fourth-order valence-corrected chi connectivity index (χ4v) is 2.48. The molecule has 2 aromatic carbocycles. The number of alkyl halides is 3. The second-order valence-electron chi connectivity index (χ2n) is 5.07. The predicted molar refractivity (Wildman–Crippen MR) is 101 cm³/mol. The third kappa shape index (κ3) is 4.91. The summed E-state index contributed by atoms with van der Waals surface area (Å²) < 4.78 is 3.26. The summed E-state index contributed by atoms with van der Waals surface area (Å²) in [5.74, 6) is -0.303. The maximum Gasteiger partial charge on any atom is 0.282 e. The fourth-order valence-electron chi connectivity index (χ4n) is 2.15. The largest absolute Gasteiger partial charge is 0.495 e. The first-order valence-corrected chi connectivity index (χ1v) is 8.38. The molecule has 0 saturated heterocycles. The Morgan fingerprint density at radius 2 is 1.77 bits per heavy atom. The molecule has 2 N–H and O–H groups in total. The van der Waals surface area contributed by atoms with Gasteiger partial charge in [0.15, 0.2) is 0 Å². The van der Waals surface area contributed by atoms with Crippen molar-refractivity contribution in [1.29, 1.82) is 0 Å². The summed E-state index contributed by atoms with van der Waals surface area (Å²) in [6.45, 7) is 0. The van der Waals surface area contributed by atoms with Gasteiger partial charge in [0.1, 0.15) is 17.5 Å². The van der Waals surface area contributed by atoms with Gasteiger partial charge in [-0.1, -0.05) is 59.1 Å². The van der Waals surface area contributed by atoms with Gasteiger partial charge in [-0.2, -0.15) is 0 Å². The summed E-state index contributed by atoms with van der Waals surface area (Å²) in [4.78, 5) is 22.9. The average Bonchev–Trinajstić information content (AvgIpc) is 2.60. The van der Waals surface area contributed by atoms with Gasteiger partial charge in [0, 0.05) is 6.07 Å². The van der Waals surface area contributed by atoms with Crippen LogP contribution in [0.1, 0.15) is 10.4 Å². The van der Waals surface area contributed by atoms with Crippen molar-refractivity contribution in [1.82, 2.24) is 5.32 Å². The molecule has 10 heteroatoms. The molecule has 0 aliphatic carbocycles. The lowest BCUT2D eigenvalue weighted by molar-refractivity contribution is -0.385. The minimum absolute atomic E-state index is 0.154. The van der Waals surface area contributed by atoms with Crippen LogP contribution in [0, 0.1) is 10.1 Å². The Kier molecular flexibility index (Phi) is 6.52. The molecule has 0 aromatic heterocycles. The maximum absolute atomic E-state index is 12.5. The molecule has 0 radical (unpaired) electrons. The smallest absolute Gasteiger partial charge is 0.282 e. The van der Waals surface area contributed by atoms with Crippen molar-refractivity contribution in [3.63, 3.8) is 0 Å². The van der Waals surface area contributed by atoms with Gasteiger partial charge in [-0.15, -0.1) is 0 Å². The first-order valence-electron chi connectivity index (χ1n) is 7.24. The van der Waals surface area contributed by atoms with Gasteiger partial charge in [-0.25, -0.2) is 0 Å². The normalized spacial score (nSPS) is 12.2. The number of amides is 1. The molecule has 7 nitrogen and oxygen atoms in total. The van der Waals surface area contributed by atoms with E-state index in [0.29, 0.717) is 11.4 Å². The summed E-state index contributed by atoms with van der Waals surface area (Å²) in [5, 5.41) is 16.4. The van der Waals surface area contributed by atoms with E-state index in [0.717, 1.165) is 0 Å². The van der Waals surface area contributed by atoms with E-state index in [1.54, 1.807) is 24.3 Å². The maximum atomic E-state index is 12.5. The highest BCUT2D eigenvalue weighted by molar-refractivity contribution is 6.68. The van der Waals surface area contributed by atoms with Crippen molar-refractivity contribution in [2.24, 2.45) is 0 Å². The Bertz CT molecular complexity index is 811. The molecular weight excluding hydrogens is 405 g/mol. The molecule has 0 aliphatic rings. The number of methoxy groups -OCH3 is 1. The number of nitro groups is 1. The summed E-state index contributed by atoms with van der Waals surface area (Å²) in [6, 6.07) is 12.3. The molecule has 0 fully saturated rings. The van der Waals surface area contributed by atoms with Crippen molar-refractivity contribution in [3.8, 4) is 5.75 Å². The van der Waals surface area contributed by atoms with E-state index < -0.39 is 20.8 Å². The Balaban J connectivity index is 2.29. The number of carbonyl (C=O) groups is 1. The van der Waals surface area contributed by atoms with Crippen LogP contribution in [0.25, 0.3) is 0 Å². The van der Waals surface area contributed by atoms with Gasteiger partial charge in [0.25, 0.3) is 11.6 Å². The second kappa shape index (κ2) is 8.44. The lowest BCUT2D eigenvalue weighted by atomic mass is 10.1. The van der Waals surface area contributed by atoms with Crippen LogP contribution in [0.4, 0.5) is 11.4 Å². The van der Waals surface area contributed by atoms with Crippen molar-refractivity contribution >= 4 is 52.1 Å². The lowest BCUT2D eigenvalue weighted by Crippen LogP contribution is -2.49. The van der Waals surface area contributed by atoms with Crippen LogP contribution in [0.15, 0.2) is 48.5 Å². The number of anilines is 1. The van der Waals surface area contributed by atoms with Gasteiger partial charge < -0.3 is 15.4 Å². The molecule has 2 rings (SSSR count). The highest BCUT2D eigenvalue weighted by Crippen LogP contribution is 2.33. The van der Waals surface area contributed by atoms with Crippen LogP contribution in [0.5, 0.6) is 5.75 Å². The molecule has 0 unspecified atom stereocenters. The number of nitrogens with zero attached hydrogens (tertiary/aromatic N) is 1. The molecule has 0 spiro atoms. The highest BCUT2D eigenvalue weighted by atomic mass is 35.6. The zero-order valence-corrected chi connectivity index (χ0v) is 15.7. The van der Waals surface area contributed by atoms with Gasteiger partial charge in [0.2, 0.25) is 3.79 Å². The molecule has 0 saturated carbocycles. The number of rotatable bonds is 6. The van der Waals surface area contributed by atoms with Crippen molar-refractivity contribution in [2.45, 2.75) is 9.96 Å². The Labute approximate surface area is 164 Å². The van der Waals surface area contributed by atoms with Crippen LogP contribution >= 0.6 is 34.8 Å². The van der Waals surface area contributed by atoms with Crippen LogP contribution in [0.2, 0.25) is 0 Å². The van der Waals surface area contributed by atoms with E-state index in [1.165, 1.54) is 31.4 Å². The van der Waals surface area contributed by atoms with E-state index >= 15 is 0 Å². The number of nitro benzene ring substituents is 1. The van der Waals surface area contributed by atoms with Crippen LogP contribution in [-0.4, -0.2) is 27.9 Å². The molecular formula is C16H14Cl3N3O4. The minimum Gasteiger partial charge on any atom is -0.495 e. The monoisotopic (exact) mass is 417 g/mol. The Morgan fingerprint density at radius 3 is 2.38 bits per heavy atom. The number of benzene rings is 2. The van der Waals surface area contributed by atoms with Crippen LogP contribution in [-0.2, 0) is 0 Å². The van der Waals surface area contributed by atoms with E-state index in [1.807, 2.05) is 0 Å². The third-order valence-electron chi connectivity index (χ3n) is 3.35. The number of para-hydroxylation sites is 3. The summed E-state index contributed by atoms with van der Waals surface area (Å²) >= 11 is 17.9. The van der Waals surface area contributed by atoms with Crippen molar-refractivity contribution < 1.29 is 14.5 Å². The van der Waals surface area contributed by atoms with E-state index in [4.69, 9.17) is 39.5 Å². The zero-order valence-electron chi connectivity index (χ0n) is 13.4. The second-order valence-corrected chi connectivity index (χ2v) is 7.44. The third-order valence-corrected chi connectivity index (χ3v) is 4.01. The molecule has 2 aromatic rings. The first-order chi connectivity index (χ1) is 12.2. The number of hydrogen-bond donors (Lipinski definition) is 2. The number of ether oxygens (including phenoxy) is 1. The quantitative estimate of drug-likeness (QED) is 0.318. The summed E-state index contributed by atoms with van der Waals surface area (Å²) in [6.07, 6.45) is -1.18. The molecule has 1 atom stereocenters. The number of nitrogens with one attached hydrogen (secondary N) is 2. The fraction of sp³-hybridized carbons (Fsp3) is 0.188. The highest BCUT2D eigenvalue weighted by Gasteiger charge is 2.35. The van der Waals surface area contributed by atoms with E-state index in [9.17, 15) is 14.9 Å². The number of hydrogen-bond acceptors (Lipinski definition) is 5. The molecule has 0 bridgehead atoms.